The number of carbonyl (C=O) groups is 1. The van der Waals surface area contributed by atoms with Crippen molar-refractivity contribution in [1.29, 1.82) is 0 Å². The Morgan fingerprint density at radius 3 is 1.23 bits per heavy atom. The van der Waals surface area contributed by atoms with Gasteiger partial charge in [0.1, 0.15) is 24.4 Å². The molecule has 1 saturated heterocycles. The molecule has 0 aliphatic carbocycles. The van der Waals surface area contributed by atoms with Gasteiger partial charge in [-0.05, 0) is 135 Å². The third-order valence-corrected chi connectivity index (χ3v) is 12.4. The molecule has 1 fully saturated rings. The fourth-order valence-electron chi connectivity index (χ4n) is 7.81. The summed E-state index contributed by atoms with van der Waals surface area (Å²) in [6, 6.07) is -0.855. The summed E-state index contributed by atoms with van der Waals surface area (Å²) in [5.74, 6) is -0.226. The lowest BCUT2D eigenvalue weighted by molar-refractivity contribution is -0.302. The molecular weight excluding hydrogens is 959 g/mol. The van der Waals surface area contributed by atoms with Crippen LogP contribution in [-0.2, 0) is 14.3 Å². The highest BCUT2D eigenvalue weighted by Crippen LogP contribution is 2.22. The first-order valence-corrected chi connectivity index (χ1v) is 29.5. The zero-order chi connectivity index (χ0) is 55.8. The first kappa shape index (κ1) is 70.3. The number of hydrogen-bond donors (Lipinski definition) is 6. The average Bonchev–Trinajstić information content (AvgIpc) is 3.43. The SMILES string of the molecule is CC/C=C\C/C=C\C/C=C\C/C=C\C/C=C\C/C=C\C/C=C\C/C=C\C/C=C\C/C=C\C/C=C\C/C=C\CCCCCCC(=O)NC(COC1OC(CO)C(O)C(O)C1O)C(O)/C=C/CC/C=C/CC/C=C/CCCCC. The summed E-state index contributed by atoms with van der Waals surface area (Å²) in [5.41, 5.74) is 0. The molecule has 1 heterocycles. The van der Waals surface area contributed by atoms with Gasteiger partial charge in [-0.1, -0.05) is 222 Å². The second-order valence-corrected chi connectivity index (χ2v) is 19.3. The summed E-state index contributed by atoms with van der Waals surface area (Å²) < 4.78 is 11.2. The van der Waals surface area contributed by atoms with Crippen molar-refractivity contribution in [3.05, 3.63) is 182 Å². The van der Waals surface area contributed by atoms with Gasteiger partial charge in [-0.3, -0.25) is 4.79 Å². The number of carbonyl (C=O) groups excluding carboxylic acids is 1. The topological polar surface area (TPSA) is 149 Å². The Hall–Kier alpha value is -4.71. The summed E-state index contributed by atoms with van der Waals surface area (Å²) in [4.78, 5) is 13.0. The minimum atomic E-state index is -1.59. The van der Waals surface area contributed by atoms with Crippen molar-refractivity contribution in [2.75, 3.05) is 13.2 Å². The monoisotopic (exact) mass is 1060 g/mol. The molecule has 1 aliphatic heterocycles. The van der Waals surface area contributed by atoms with E-state index in [1.54, 1.807) is 6.08 Å². The van der Waals surface area contributed by atoms with E-state index in [1.165, 1.54) is 19.3 Å². The van der Waals surface area contributed by atoms with E-state index < -0.39 is 49.5 Å². The molecule has 1 amide bonds. The number of unbranched alkanes of at least 4 members (excludes halogenated alkanes) is 9. The molecule has 7 atom stereocenters. The molecule has 7 unspecified atom stereocenters. The number of allylic oxidation sites excluding steroid dienone is 29. The largest absolute Gasteiger partial charge is 0.394 e. The van der Waals surface area contributed by atoms with Crippen LogP contribution in [-0.4, -0.2) is 87.5 Å². The minimum absolute atomic E-state index is 0.226. The van der Waals surface area contributed by atoms with Gasteiger partial charge in [-0.15, -0.1) is 0 Å². The Morgan fingerprint density at radius 1 is 0.455 bits per heavy atom. The van der Waals surface area contributed by atoms with Crippen LogP contribution in [0.15, 0.2) is 182 Å². The number of aliphatic hydroxyl groups is 5. The highest BCUT2D eigenvalue weighted by Gasteiger charge is 2.44. The van der Waals surface area contributed by atoms with Gasteiger partial charge < -0.3 is 40.3 Å². The van der Waals surface area contributed by atoms with Crippen molar-refractivity contribution in [2.24, 2.45) is 0 Å². The lowest BCUT2D eigenvalue weighted by Crippen LogP contribution is -2.60. The van der Waals surface area contributed by atoms with Crippen LogP contribution >= 0.6 is 0 Å². The smallest absolute Gasteiger partial charge is 0.220 e. The van der Waals surface area contributed by atoms with Crippen molar-refractivity contribution in [3.63, 3.8) is 0 Å². The van der Waals surface area contributed by atoms with Gasteiger partial charge in [0.25, 0.3) is 0 Å². The first-order chi connectivity index (χ1) is 37.8. The van der Waals surface area contributed by atoms with E-state index in [0.717, 1.165) is 128 Å². The van der Waals surface area contributed by atoms with Crippen molar-refractivity contribution >= 4 is 5.91 Å². The fourth-order valence-corrected chi connectivity index (χ4v) is 7.81. The summed E-state index contributed by atoms with van der Waals surface area (Å²) in [7, 11) is 0. The Balaban J connectivity index is 2.21. The molecule has 1 aliphatic rings. The maximum absolute atomic E-state index is 13.0. The molecule has 0 saturated carbocycles. The second-order valence-electron chi connectivity index (χ2n) is 19.3. The average molecular weight is 1060 g/mol. The lowest BCUT2D eigenvalue weighted by Gasteiger charge is -2.40. The van der Waals surface area contributed by atoms with E-state index in [4.69, 9.17) is 9.47 Å². The normalized spacial score (nSPS) is 20.1. The van der Waals surface area contributed by atoms with Gasteiger partial charge in [0.15, 0.2) is 6.29 Å². The van der Waals surface area contributed by atoms with Gasteiger partial charge in [0.05, 0.1) is 25.4 Å². The van der Waals surface area contributed by atoms with Crippen LogP contribution in [0.25, 0.3) is 0 Å². The number of rotatable bonds is 47. The number of ether oxygens (including phenoxy) is 2. The standard InChI is InChI=1S/C68H105NO8/c1-3-5-7-9-11-13-15-17-18-19-20-21-22-23-24-25-26-27-28-29-30-31-32-33-34-35-36-37-38-39-40-41-42-43-44-46-48-50-52-54-56-58-64(72)69-61(60-76-68-67(75)66(74)65(73)63(59-70)77-68)62(71)57-55-53-51-49-47-45-16-14-12-10-8-6-4-2/h5,7,11-14,17-18,20-21,23-24,26-27,29-30,32-33,35-36,38-39,41-42,44,46-47,49,55,57,61-63,65-68,70-71,73-75H,3-4,6,8-10,15-16,19,22,25,28,31,34,37,40,43,45,48,50-54,56,58-60H2,1-2H3,(H,69,72)/b7-5-,13-11-,14-12+,18-17-,21-20-,24-23-,27-26-,30-29-,33-32-,36-35-,39-38-,42-41-,46-44-,49-47+,57-55+. The Kier molecular flexibility index (Phi) is 49.9. The summed E-state index contributed by atoms with van der Waals surface area (Å²) in [6.07, 6.45) is 82.5. The molecule has 9 nitrogen and oxygen atoms in total. The summed E-state index contributed by atoms with van der Waals surface area (Å²) >= 11 is 0. The molecule has 9 heteroatoms. The second kappa shape index (κ2) is 54.6. The number of amides is 1. The number of nitrogens with one attached hydrogen (secondary N) is 1. The third kappa shape index (κ3) is 43.9. The molecule has 1 rings (SSSR count). The van der Waals surface area contributed by atoms with Crippen LogP contribution in [0.3, 0.4) is 0 Å². The van der Waals surface area contributed by atoms with E-state index in [1.807, 2.05) is 6.08 Å². The van der Waals surface area contributed by atoms with Crippen LogP contribution in [0, 0.1) is 0 Å². The van der Waals surface area contributed by atoms with E-state index in [9.17, 15) is 30.3 Å². The predicted octanol–water partition coefficient (Wildman–Crippen LogP) is 15.2. The molecule has 77 heavy (non-hydrogen) atoms. The molecule has 0 aromatic rings. The van der Waals surface area contributed by atoms with Crippen LogP contribution in [0.2, 0.25) is 0 Å². The third-order valence-electron chi connectivity index (χ3n) is 12.4. The summed E-state index contributed by atoms with van der Waals surface area (Å²) in [5, 5.41) is 54.3. The van der Waals surface area contributed by atoms with E-state index >= 15 is 0 Å². The highest BCUT2D eigenvalue weighted by atomic mass is 16.7. The van der Waals surface area contributed by atoms with E-state index in [-0.39, 0.29) is 12.5 Å². The molecule has 0 spiro atoms. The first-order valence-electron chi connectivity index (χ1n) is 29.5. The fraction of sp³-hybridized carbons (Fsp3) is 0.544. The lowest BCUT2D eigenvalue weighted by atomic mass is 9.99. The van der Waals surface area contributed by atoms with Crippen LogP contribution in [0.4, 0.5) is 0 Å². The van der Waals surface area contributed by atoms with Gasteiger partial charge in [-0.2, -0.15) is 0 Å². The molecule has 0 aromatic heterocycles. The van der Waals surface area contributed by atoms with Gasteiger partial charge >= 0.3 is 0 Å². The zero-order valence-corrected chi connectivity index (χ0v) is 47.6. The Labute approximate surface area is 468 Å². The molecule has 0 radical (unpaired) electrons. The minimum Gasteiger partial charge on any atom is -0.394 e. The van der Waals surface area contributed by atoms with E-state index in [0.29, 0.717) is 19.3 Å². The van der Waals surface area contributed by atoms with Crippen LogP contribution in [0.5, 0.6) is 0 Å². The summed E-state index contributed by atoms with van der Waals surface area (Å²) in [6.45, 7) is 3.56. The highest BCUT2D eigenvalue weighted by molar-refractivity contribution is 5.76. The van der Waals surface area contributed by atoms with Crippen LogP contribution in [0.1, 0.15) is 181 Å². The zero-order valence-electron chi connectivity index (χ0n) is 47.6. The van der Waals surface area contributed by atoms with Crippen LogP contribution < -0.4 is 5.32 Å². The molecular formula is C68H105NO8. The Morgan fingerprint density at radius 2 is 0.818 bits per heavy atom. The van der Waals surface area contributed by atoms with E-state index in [2.05, 4.69) is 189 Å². The Bertz CT molecular complexity index is 1860. The quantitative estimate of drug-likeness (QED) is 0.0261. The number of aliphatic hydroxyl groups excluding tert-OH is 5. The van der Waals surface area contributed by atoms with Crippen molar-refractivity contribution in [2.45, 2.75) is 224 Å². The maximum atomic E-state index is 13.0. The number of hydrogen-bond acceptors (Lipinski definition) is 8. The molecule has 430 valence electrons. The molecule has 0 aromatic carbocycles. The molecule has 0 bridgehead atoms. The van der Waals surface area contributed by atoms with Gasteiger partial charge in [0, 0.05) is 6.42 Å². The van der Waals surface area contributed by atoms with Crippen molar-refractivity contribution in [3.8, 4) is 0 Å². The molecule has 6 N–H and O–H groups in total. The van der Waals surface area contributed by atoms with Crippen molar-refractivity contribution < 1.29 is 39.8 Å². The van der Waals surface area contributed by atoms with Crippen molar-refractivity contribution in [1.82, 2.24) is 5.32 Å². The predicted molar refractivity (Wildman–Crippen MR) is 326 cm³/mol. The van der Waals surface area contributed by atoms with Gasteiger partial charge in [0.2, 0.25) is 5.91 Å². The maximum Gasteiger partial charge on any atom is 0.220 e. The van der Waals surface area contributed by atoms with Gasteiger partial charge in [-0.25, -0.2) is 0 Å².